The van der Waals surface area contributed by atoms with Crippen molar-refractivity contribution in [1.29, 1.82) is 0 Å². The summed E-state index contributed by atoms with van der Waals surface area (Å²) in [6.45, 7) is 5.94. The van der Waals surface area contributed by atoms with E-state index in [0.717, 1.165) is 43.2 Å². The maximum absolute atomic E-state index is 11.7. The molecular formula is C19H25N3OS. The summed E-state index contributed by atoms with van der Waals surface area (Å²) in [7, 11) is 0. The third kappa shape index (κ3) is 3.86. The van der Waals surface area contributed by atoms with Gasteiger partial charge in [-0.25, -0.2) is 0 Å². The van der Waals surface area contributed by atoms with Crippen LogP contribution in [-0.2, 0) is 17.8 Å². The minimum atomic E-state index is -1.45. The monoisotopic (exact) mass is 343 g/mol. The Morgan fingerprint density at radius 3 is 2.21 bits per heavy atom. The molecule has 0 saturated carbocycles. The molecule has 1 saturated heterocycles. The van der Waals surface area contributed by atoms with Gasteiger partial charge in [-0.3, -0.25) is 0 Å². The zero-order valence-corrected chi connectivity index (χ0v) is 15.0. The highest BCUT2D eigenvalue weighted by Gasteiger charge is 2.22. The van der Waals surface area contributed by atoms with Crippen LogP contribution in [0.15, 0.2) is 53.4 Å². The topological polar surface area (TPSA) is 55.6 Å². The van der Waals surface area contributed by atoms with E-state index < -0.39 is 11.4 Å². The van der Waals surface area contributed by atoms with Crippen LogP contribution in [-0.4, -0.2) is 30.7 Å². The normalized spacial score (nSPS) is 16.3. The van der Waals surface area contributed by atoms with Crippen molar-refractivity contribution < 1.29 is 4.55 Å². The first-order valence-electron chi connectivity index (χ1n) is 8.53. The fraction of sp³-hybridized carbons (Fsp3) is 0.368. The molecule has 24 heavy (non-hydrogen) atoms. The molecule has 0 aromatic heterocycles. The minimum Gasteiger partial charge on any atom is -0.593 e. The molecule has 1 heterocycles. The van der Waals surface area contributed by atoms with Crippen molar-refractivity contribution in [3.63, 3.8) is 0 Å². The van der Waals surface area contributed by atoms with Gasteiger partial charge in [0.2, 0.25) is 0 Å². The Morgan fingerprint density at radius 2 is 1.58 bits per heavy atom. The number of nitrogens with two attached hydrogens (primary N) is 1. The molecule has 4 nitrogen and oxygen atoms in total. The number of anilines is 2. The molecule has 5 heteroatoms. The summed E-state index contributed by atoms with van der Waals surface area (Å²) in [6, 6.07) is 16.6. The molecule has 1 fully saturated rings. The van der Waals surface area contributed by atoms with Crippen molar-refractivity contribution in [1.82, 2.24) is 0 Å². The quantitative estimate of drug-likeness (QED) is 0.848. The highest BCUT2D eigenvalue weighted by atomic mass is 32.2. The Morgan fingerprint density at radius 1 is 0.958 bits per heavy atom. The largest absolute Gasteiger partial charge is 0.593 e. The lowest BCUT2D eigenvalue weighted by Gasteiger charge is -2.37. The fourth-order valence-electron chi connectivity index (χ4n) is 3.26. The van der Waals surface area contributed by atoms with Crippen molar-refractivity contribution in [2.45, 2.75) is 24.7 Å². The van der Waals surface area contributed by atoms with Crippen LogP contribution in [0.1, 0.15) is 18.9 Å². The molecule has 1 unspecified atom stereocenters. The third-order valence-electron chi connectivity index (χ3n) is 4.54. The maximum Gasteiger partial charge on any atom is 0.196 e. The van der Waals surface area contributed by atoms with Crippen molar-refractivity contribution in [2.75, 3.05) is 36.0 Å². The van der Waals surface area contributed by atoms with E-state index in [1.54, 1.807) is 0 Å². The Bertz CT molecular complexity index is 652. The fourth-order valence-corrected chi connectivity index (χ4v) is 3.87. The zero-order valence-electron chi connectivity index (χ0n) is 14.1. The number of rotatable bonds is 5. The second-order valence-electron chi connectivity index (χ2n) is 6.16. The minimum absolute atomic E-state index is 0.717. The highest BCUT2D eigenvalue weighted by molar-refractivity contribution is 7.89. The maximum atomic E-state index is 11.7. The molecule has 0 spiro atoms. The van der Waals surface area contributed by atoms with Crippen LogP contribution in [0.25, 0.3) is 0 Å². The first-order valence-corrected chi connectivity index (χ1v) is 9.74. The molecule has 1 atom stereocenters. The molecule has 1 aliphatic heterocycles. The summed E-state index contributed by atoms with van der Waals surface area (Å²) in [4.78, 5) is 5.41. The number of hydrogen-bond acceptors (Lipinski definition) is 4. The number of hydrogen-bond donors (Lipinski definition) is 1. The van der Waals surface area contributed by atoms with E-state index in [4.69, 9.17) is 5.14 Å². The molecule has 2 aromatic carbocycles. The Labute approximate surface area is 147 Å². The van der Waals surface area contributed by atoms with Gasteiger partial charge in [-0.1, -0.05) is 37.6 Å². The van der Waals surface area contributed by atoms with E-state index in [1.165, 1.54) is 17.7 Å². The lowest BCUT2D eigenvalue weighted by molar-refractivity contribution is 0.594. The molecule has 2 aromatic rings. The molecule has 3 rings (SSSR count). The number of para-hydroxylation sites is 1. The molecule has 0 radical (unpaired) electrons. The van der Waals surface area contributed by atoms with Gasteiger partial charge in [0.25, 0.3) is 0 Å². The first-order chi connectivity index (χ1) is 11.7. The predicted molar refractivity (Wildman–Crippen MR) is 102 cm³/mol. The number of piperazine rings is 1. The van der Waals surface area contributed by atoms with Gasteiger partial charge in [0.1, 0.15) is 0 Å². The Balaban J connectivity index is 1.65. The smallest absolute Gasteiger partial charge is 0.196 e. The first kappa shape index (κ1) is 17.1. The van der Waals surface area contributed by atoms with Crippen LogP contribution in [0.2, 0.25) is 0 Å². The molecule has 128 valence electrons. The van der Waals surface area contributed by atoms with Gasteiger partial charge < -0.3 is 14.4 Å². The number of benzene rings is 2. The van der Waals surface area contributed by atoms with E-state index in [1.807, 2.05) is 24.3 Å². The molecular weight excluding hydrogens is 318 g/mol. The van der Waals surface area contributed by atoms with Crippen molar-refractivity contribution in [3.8, 4) is 0 Å². The summed E-state index contributed by atoms with van der Waals surface area (Å²) in [5, 5.41) is 5.61. The summed E-state index contributed by atoms with van der Waals surface area (Å²) < 4.78 is 11.7. The van der Waals surface area contributed by atoms with Crippen molar-refractivity contribution >= 4 is 22.7 Å². The summed E-state index contributed by atoms with van der Waals surface area (Å²) in [5.74, 6) is 0. The highest BCUT2D eigenvalue weighted by Crippen LogP contribution is 2.26. The SMILES string of the molecule is CCCc1ccc(N2CCN(c3ccccc3[S+](N)[O-])CC2)cc1. The second-order valence-corrected chi connectivity index (χ2v) is 7.19. The molecule has 0 amide bonds. The van der Waals surface area contributed by atoms with Crippen LogP contribution in [0, 0.1) is 0 Å². The predicted octanol–water partition coefficient (Wildman–Crippen LogP) is 2.95. The number of nitrogens with zero attached hydrogens (tertiary/aromatic N) is 2. The third-order valence-corrected chi connectivity index (χ3v) is 5.32. The average molecular weight is 343 g/mol. The standard InChI is InChI=1S/C19H25N3OS/c1-2-5-16-8-10-17(11-9-16)21-12-14-22(15-13-21)18-6-3-4-7-19(18)24(20)23/h3-4,6-11H,2,5,12-15,20H2,1H3. The lowest BCUT2D eigenvalue weighted by atomic mass is 10.1. The van der Waals surface area contributed by atoms with Gasteiger partial charge in [0.15, 0.2) is 4.90 Å². The van der Waals surface area contributed by atoms with Gasteiger partial charge in [-0.2, -0.15) is 0 Å². The molecule has 0 aliphatic carbocycles. The molecule has 1 aliphatic rings. The van der Waals surface area contributed by atoms with Gasteiger partial charge in [0, 0.05) is 31.9 Å². The molecule has 0 bridgehead atoms. The van der Waals surface area contributed by atoms with Gasteiger partial charge >= 0.3 is 0 Å². The Kier molecular flexibility index (Phi) is 5.66. The Hall–Kier alpha value is -1.69. The van der Waals surface area contributed by atoms with Gasteiger partial charge in [-0.15, -0.1) is 5.14 Å². The number of aryl methyl sites for hydroxylation is 1. The van der Waals surface area contributed by atoms with E-state index >= 15 is 0 Å². The lowest BCUT2D eigenvalue weighted by Crippen LogP contribution is -2.47. The van der Waals surface area contributed by atoms with Gasteiger partial charge in [0.05, 0.1) is 17.0 Å². The van der Waals surface area contributed by atoms with Crippen molar-refractivity contribution in [3.05, 3.63) is 54.1 Å². The molecule has 2 N–H and O–H groups in total. The second kappa shape index (κ2) is 7.92. The van der Waals surface area contributed by atoms with E-state index in [9.17, 15) is 4.55 Å². The zero-order chi connectivity index (χ0) is 16.9. The van der Waals surface area contributed by atoms with Gasteiger partial charge in [-0.05, 0) is 36.2 Å². The summed E-state index contributed by atoms with van der Waals surface area (Å²) >= 11 is -1.45. The van der Waals surface area contributed by atoms with Crippen LogP contribution >= 0.6 is 0 Å². The van der Waals surface area contributed by atoms with E-state index in [-0.39, 0.29) is 0 Å². The average Bonchev–Trinajstić information content (AvgIpc) is 2.63. The van der Waals surface area contributed by atoms with Crippen LogP contribution in [0.5, 0.6) is 0 Å². The van der Waals surface area contributed by atoms with Crippen LogP contribution in [0.4, 0.5) is 11.4 Å². The summed E-state index contributed by atoms with van der Waals surface area (Å²) in [6.07, 6.45) is 2.32. The van der Waals surface area contributed by atoms with Crippen LogP contribution < -0.4 is 14.9 Å². The van der Waals surface area contributed by atoms with Crippen LogP contribution in [0.3, 0.4) is 0 Å². The van der Waals surface area contributed by atoms with E-state index in [2.05, 4.69) is 41.0 Å². The van der Waals surface area contributed by atoms with E-state index in [0.29, 0.717) is 0 Å². The summed E-state index contributed by atoms with van der Waals surface area (Å²) in [5.41, 5.74) is 3.68. The van der Waals surface area contributed by atoms with Crippen molar-refractivity contribution in [2.24, 2.45) is 5.14 Å².